The highest BCUT2D eigenvalue weighted by Gasteiger charge is 2.30. The fourth-order valence-electron chi connectivity index (χ4n) is 2.27. The molecule has 1 aromatic rings. The molecule has 0 bridgehead atoms. The topological polar surface area (TPSA) is 52.7 Å². The number of rotatable bonds is 4. The maximum atomic E-state index is 12.4. The van der Waals surface area contributed by atoms with Gasteiger partial charge in [-0.2, -0.15) is 0 Å². The van der Waals surface area contributed by atoms with Crippen LogP contribution in [0.4, 0.5) is 0 Å². The van der Waals surface area contributed by atoms with Crippen LogP contribution in [0, 0.1) is 0 Å². The largest absolute Gasteiger partial charge is 0.349 e. The molecule has 0 radical (unpaired) electrons. The molecular weight excluding hydrogens is 254 g/mol. The third-order valence-corrected chi connectivity index (χ3v) is 3.48. The van der Waals surface area contributed by atoms with Crippen molar-refractivity contribution in [1.82, 2.24) is 15.1 Å². The van der Waals surface area contributed by atoms with Gasteiger partial charge < -0.3 is 15.1 Å². The summed E-state index contributed by atoms with van der Waals surface area (Å²) in [6.45, 7) is 2.01. The first-order chi connectivity index (χ1) is 9.58. The highest BCUT2D eigenvalue weighted by Crippen LogP contribution is 2.11. The van der Waals surface area contributed by atoms with E-state index in [1.807, 2.05) is 35.2 Å². The first-order valence-corrected chi connectivity index (χ1v) is 6.84. The molecule has 1 saturated heterocycles. The van der Waals surface area contributed by atoms with Crippen molar-refractivity contribution < 1.29 is 9.59 Å². The van der Waals surface area contributed by atoms with E-state index in [4.69, 9.17) is 0 Å². The van der Waals surface area contributed by atoms with Crippen LogP contribution in [0.1, 0.15) is 12.0 Å². The molecule has 108 valence electrons. The van der Waals surface area contributed by atoms with Crippen molar-refractivity contribution in [2.24, 2.45) is 0 Å². The van der Waals surface area contributed by atoms with Gasteiger partial charge in [0.25, 0.3) is 0 Å². The van der Waals surface area contributed by atoms with Gasteiger partial charge in [-0.1, -0.05) is 30.3 Å². The number of amides is 2. The van der Waals surface area contributed by atoms with Crippen molar-refractivity contribution in [2.45, 2.75) is 19.0 Å². The number of nitrogens with zero attached hydrogens (tertiary/aromatic N) is 2. The lowest BCUT2D eigenvalue weighted by Gasteiger charge is -2.33. The molecule has 2 rings (SSSR count). The molecule has 1 aromatic carbocycles. The second-order valence-electron chi connectivity index (χ2n) is 5.24. The zero-order valence-corrected chi connectivity index (χ0v) is 12.0. The van der Waals surface area contributed by atoms with Gasteiger partial charge in [-0.05, 0) is 5.56 Å². The van der Waals surface area contributed by atoms with Gasteiger partial charge in [0.2, 0.25) is 11.8 Å². The Hall–Kier alpha value is -1.88. The Balaban J connectivity index is 1.98. The fraction of sp³-hybridized carbons (Fsp3) is 0.467. The fourth-order valence-corrected chi connectivity index (χ4v) is 2.27. The van der Waals surface area contributed by atoms with Gasteiger partial charge in [0.1, 0.15) is 0 Å². The number of nitrogens with one attached hydrogen (secondary N) is 1. The first kappa shape index (κ1) is 14.5. The van der Waals surface area contributed by atoms with E-state index in [-0.39, 0.29) is 18.2 Å². The molecule has 1 atom stereocenters. The average molecular weight is 275 g/mol. The van der Waals surface area contributed by atoms with E-state index in [1.54, 1.807) is 14.1 Å². The van der Waals surface area contributed by atoms with Crippen molar-refractivity contribution in [3.63, 3.8) is 0 Å². The Morgan fingerprint density at radius 3 is 2.70 bits per heavy atom. The van der Waals surface area contributed by atoms with Crippen LogP contribution in [-0.4, -0.2) is 54.8 Å². The number of piperazine rings is 1. The SMILES string of the molecule is CN(C)C(=O)CC1NCCN(Cc2ccccc2)C1=O. The van der Waals surface area contributed by atoms with Crippen molar-refractivity contribution in [2.75, 3.05) is 27.2 Å². The van der Waals surface area contributed by atoms with Crippen LogP contribution < -0.4 is 5.32 Å². The maximum absolute atomic E-state index is 12.4. The summed E-state index contributed by atoms with van der Waals surface area (Å²) in [5.41, 5.74) is 1.11. The second kappa shape index (κ2) is 6.52. The van der Waals surface area contributed by atoms with E-state index in [1.165, 1.54) is 4.90 Å². The molecule has 5 nitrogen and oxygen atoms in total. The van der Waals surface area contributed by atoms with Gasteiger partial charge >= 0.3 is 0 Å². The maximum Gasteiger partial charge on any atom is 0.240 e. The number of hydrogen-bond acceptors (Lipinski definition) is 3. The van der Waals surface area contributed by atoms with E-state index < -0.39 is 6.04 Å². The smallest absolute Gasteiger partial charge is 0.240 e. The zero-order chi connectivity index (χ0) is 14.5. The van der Waals surface area contributed by atoms with Gasteiger partial charge in [-0.3, -0.25) is 9.59 Å². The standard InChI is InChI=1S/C15H21N3O2/c1-17(2)14(19)10-13-15(20)18(9-8-16-13)11-12-6-4-3-5-7-12/h3-7,13,16H,8-11H2,1-2H3. The lowest BCUT2D eigenvalue weighted by molar-refractivity contribution is -0.140. The van der Waals surface area contributed by atoms with E-state index >= 15 is 0 Å². The predicted octanol–water partition coefficient (Wildman–Crippen LogP) is 0.465. The minimum Gasteiger partial charge on any atom is -0.349 e. The van der Waals surface area contributed by atoms with Gasteiger partial charge in [0, 0.05) is 33.7 Å². The van der Waals surface area contributed by atoms with Crippen LogP contribution in [0.25, 0.3) is 0 Å². The second-order valence-corrected chi connectivity index (χ2v) is 5.24. The molecule has 0 spiro atoms. The summed E-state index contributed by atoms with van der Waals surface area (Å²) in [7, 11) is 3.41. The molecule has 1 N–H and O–H groups in total. The van der Waals surface area contributed by atoms with Crippen LogP contribution in [0.15, 0.2) is 30.3 Å². The van der Waals surface area contributed by atoms with Gasteiger partial charge in [-0.15, -0.1) is 0 Å². The summed E-state index contributed by atoms with van der Waals surface area (Å²) in [5.74, 6) is -0.0206. The highest BCUT2D eigenvalue weighted by molar-refractivity contribution is 5.88. The van der Waals surface area contributed by atoms with Crippen molar-refractivity contribution in [1.29, 1.82) is 0 Å². The van der Waals surface area contributed by atoms with Crippen molar-refractivity contribution in [3.8, 4) is 0 Å². The molecule has 1 fully saturated rings. The summed E-state index contributed by atoms with van der Waals surface area (Å²) < 4.78 is 0. The molecule has 1 aliphatic rings. The van der Waals surface area contributed by atoms with Crippen LogP contribution in [-0.2, 0) is 16.1 Å². The van der Waals surface area contributed by atoms with Crippen LogP contribution in [0.3, 0.4) is 0 Å². The molecule has 1 unspecified atom stereocenters. The first-order valence-electron chi connectivity index (χ1n) is 6.84. The lowest BCUT2D eigenvalue weighted by atomic mass is 10.1. The van der Waals surface area contributed by atoms with Gasteiger partial charge in [0.05, 0.1) is 12.5 Å². The molecule has 20 heavy (non-hydrogen) atoms. The van der Waals surface area contributed by atoms with Crippen molar-refractivity contribution in [3.05, 3.63) is 35.9 Å². The predicted molar refractivity (Wildman–Crippen MR) is 77.0 cm³/mol. The molecular formula is C15H21N3O2. The zero-order valence-electron chi connectivity index (χ0n) is 12.0. The number of carbonyl (C=O) groups is 2. The summed E-state index contributed by atoms with van der Waals surface area (Å²) in [4.78, 5) is 27.5. The van der Waals surface area contributed by atoms with E-state index in [0.717, 1.165) is 12.1 Å². The normalized spacial score (nSPS) is 19.0. The Morgan fingerprint density at radius 2 is 2.05 bits per heavy atom. The summed E-state index contributed by atoms with van der Waals surface area (Å²) >= 11 is 0. The number of hydrogen-bond donors (Lipinski definition) is 1. The molecule has 1 aliphatic heterocycles. The molecule has 0 saturated carbocycles. The quantitative estimate of drug-likeness (QED) is 0.869. The van der Waals surface area contributed by atoms with Crippen molar-refractivity contribution >= 4 is 11.8 Å². The molecule has 0 aromatic heterocycles. The van der Waals surface area contributed by atoms with E-state index in [9.17, 15) is 9.59 Å². The Morgan fingerprint density at radius 1 is 1.35 bits per heavy atom. The van der Waals surface area contributed by atoms with Crippen LogP contribution >= 0.6 is 0 Å². The Kier molecular flexibility index (Phi) is 4.74. The summed E-state index contributed by atoms with van der Waals surface area (Å²) in [5, 5.41) is 3.13. The highest BCUT2D eigenvalue weighted by atomic mass is 16.2. The molecule has 1 heterocycles. The third-order valence-electron chi connectivity index (χ3n) is 3.48. The van der Waals surface area contributed by atoms with Crippen LogP contribution in [0.2, 0.25) is 0 Å². The Bertz CT molecular complexity index is 473. The van der Waals surface area contributed by atoms with Gasteiger partial charge in [0.15, 0.2) is 0 Å². The van der Waals surface area contributed by atoms with Crippen LogP contribution in [0.5, 0.6) is 0 Å². The number of carbonyl (C=O) groups excluding carboxylic acids is 2. The molecule has 2 amide bonds. The Labute approximate surface area is 119 Å². The minimum atomic E-state index is -0.401. The molecule has 5 heteroatoms. The summed E-state index contributed by atoms with van der Waals surface area (Å²) in [6, 6.07) is 9.51. The van der Waals surface area contributed by atoms with E-state index in [0.29, 0.717) is 13.1 Å². The van der Waals surface area contributed by atoms with Gasteiger partial charge in [-0.25, -0.2) is 0 Å². The minimum absolute atomic E-state index is 0.00954. The average Bonchev–Trinajstić information content (AvgIpc) is 2.44. The number of benzene rings is 1. The monoisotopic (exact) mass is 275 g/mol. The lowest BCUT2D eigenvalue weighted by Crippen LogP contribution is -2.55. The third kappa shape index (κ3) is 3.57. The van der Waals surface area contributed by atoms with E-state index in [2.05, 4.69) is 5.32 Å². The molecule has 0 aliphatic carbocycles. The summed E-state index contributed by atoms with van der Waals surface area (Å²) in [6.07, 6.45) is 0.219.